The lowest BCUT2D eigenvalue weighted by Crippen LogP contribution is -2.21. The van der Waals surface area contributed by atoms with Crippen molar-refractivity contribution in [2.45, 2.75) is 25.3 Å². The van der Waals surface area contributed by atoms with E-state index in [1.54, 1.807) is 4.68 Å². The number of aromatic nitrogens is 3. The second-order valence-electron chi connectivity index (χ2n) is 4.45. The summed E-state index contributed by atoms with van der Waals surface area (Å²) in [5.41, 5.74) is 1.98. The van der Waals surface area contributed by atoms with Gasteiger partial charge in [0.2, 0.25) is 0 Å². The normalized spacial score (nSPS) is 18.3. The Labute approximate surface area is 104 Å². The number of benzene rings is 1. The minimum absolute atomic E-state index is 0.0932. The number of rotatable bonds is 2. The van der Waals surface area contributed by atoms with Crippen molar-refractivity contribution in [2.24, 2.45) is 0 Å². The molecule has 1 N–H and O–H groups in total. The van der Waals surface area contributed by atoms with Crippen molar-refractivity contribution in [3.05, 3.63) is 47.3 Å². The van der Waals surface area contributed by atoms with E-state index in [0.29, 0.717) is 0 Å². The van der Waals surface area contributed by atoms with E-state index in [9.17, 15) is 4.79 Å². The molecule has 1 aliphatic rings. The third-order valence-electron chi connectivity index (χ3n) is 3.36. The van der Waals surface area contributed by atoms with Crippen LogP contribution >= 0.6 is 0 Å². The maximum absolute atomic E-state index is 11.1. The largest absolute Gasteiger partial charge is 0.476 e. The van der Waals surface area contributed by atoms with Crippen molar-refractivity contribution in [3.8, 4) is 0 Å². The predicted octanol–water partition coefficient (Wildman–Crippen LogP) is 1.90. The lowest BCUT2D eigenvalue weighted by molar-refractivity contribution is 0.0688. The van der Waals surface area contributed by atoms with Crippen LogP contribution in [0.5, 0.6) is 0 Å². The minimum atomic E-state index is -0.995. The maximum atomic E-state index is 11.1. The summed E-state index contributed by atoms with van der Waals surface area (Å²) in [4.78, 5) is 11.1. The Morgan fingerprint density at radius 3 is 2.83 bits per heavy atom. The van der Waals surface area contributed by atoms with Crippen LogP contribution in [-0.4, -0.2) is 26.1 Å². The number of fused-ring (bicyclic) bond motifs is 1. The van der Waals surface area contributed by atoms with Crippen molar-refractivity contribution in [1.82, 2.24) is 15.0 Å². The van der Waals surface area contributed by atoms with Gasteiger partial charge in [-0.05, 0) is 24.8 Å². The molecule has 2 aromatic rings. The van der Waals surface area contributed by atoms with Crippen LogP contribution in [0.3, 0.4) is 0 Å². The first-order valence-electron chi connectivity index (χ1n) is 5.99. The molecular formula is C13H13N3O2. The Bertz CT molecular complexity index is 577. The third kappa shape index (κ3) is 1.68. The first-order valence-corrected chi connectivity index (χ1v) is 5.99. The molecule has 0 amide bonds. The Balaban J connectivity index is 2.06. The lowest BCUT2D eigenvalue weighted by Gasteiger charge is -2.24. The Morgan fingerprint density at radius 2 is 2.11 bits per heavy atom. The van der Waals surface area contributed by atoms with Gasteiger partial charge in [-0.2, -0.15) is 0 Å². The van der Waals surface area contributed by atoms with E-state index in [-0.39, 0.29) is 11.7 Å². The number of carboxylic acid groups (broad SMARTS) is 1. The Morgan fingerprint density at radius 1 is 1.33 bits per heavy atom. The molecule has 5 heteroatoms. The molecule has 1 aromatic heterocycles. The van der Waals surface area contributed by atoms with Crippen LogP contribution in [0.2, 0.25) is 0 Å². The van der Waals surface area contributed by atoms with Gasteiger partial charge in [-0.1, -0.05) is 35.5 Å². The molecule has 1 unspecified atom stereocenters. The number of carbonyl (C=O) groups is 1. The van der Waals surface area contributed by atoms with E-state index in [4.69, 9.17) is 5.11 Å². The van der Waals surface area contributed by atoms with Crippen LogP contribution in [0.4, 0.5) is 0 Å². The summed E-state index contributed by atoms with van der Waals surface area (Å²) in [6.45, 7) is 0. The molecule has 0 saturated carbocycles. The van der Waals surface area contributed by atoms with Gasteiger partial charge in [0.15, 0.2) is 5.69 Å². The van der Waals surface area contributed by atoms with Crippen LogP contribution in [-0.2, 0) is 6.42 Å². The Kier molecular flexibility index (Phi) is 2.59. The highest BCUT2D eigenvalue weighted by molar-refractivity contribution is 5.86. The highest BCUT2D eigenvalue weighted by atomic mass is 16.4. The van der Waals surface area contributed by atoms with E-state index in [1.165, 1.54) is 0 Å². The molecule has 0 saturated heterocycles. The van der Waals surface area contributed by atoms with Gasteiger partial charge in [0.05, 0.1) is 11.7 Å². The number of aromatic carboxylic acids is 1. The molecule has 0 fully saturated rings. The SMILES string of the molecule is O=C(O)c1nnn2c1CCCC2c1ccccc1. The molecule has 2 heterocycles. The third-order valence-corrected chi connectivity index (χ3v) is 3.36. The lowest BCUT2D eigenvalue weighted by atomic mass is 9.96. The molecule has 0 aliphatic carbocycles. The van der Waals surface area contributed by atoms with Crippen LogP contribution in [0, 0.1) is 0 Å². The van der Waals surface area contributed by atoms with Crippen LogP contribution in [0.25, 0.3) is 0 Å². The molecule has 92 valence electrons. The molecule has 1 atom stereocenters. The summed E-state index contributed by atoms with van der Waals surface area (Å²) < 4.78 is 1.77. The van der Waals surface area contributed by atoms with E-state index in [0.717, 1.165) is 30.5 Å². The van der Waals surface area contributed by atoms with E-state index < -0.39 is 5.97 Å². The van der Waals surface area contributed by atoms with Gasteiger partial charge in [0.1, 0.15) is 0 Å². The first-order chi connectivity index (χ1) is 8.77. The maximum Gasteiger partial charge on any atom is 0.358 e. The van der Waals surface area contributed by atoms with Gasteiger partial charge in [-0.3, -0.25) is 0 Å². The van der Waals surface area contributed by atoms with E-state index in [2.05, 4.69) is 10.3 Å². The fraction of sp³-hybridized carbons (Fsp3) is 0.308. The van der Waals surface area contributed by atoms with E-state index >= 15 is 0 Å². The van der Waals surface area contributed by atoms with Gasteiger partial charge in [0.25, 0.3) is 0 Å². The number of carboxylic acids is 1. The Hall–Kier alpha value is -2.17. The molecule has 0 spiro atoms. The summed E-state index contributed by atoms with van der Waals surface area (Å²) in [7, 11) is 0. The van der Waals surface area contributed by atoms with E-state index in [1.807, 2.05) is 30.3 Å². The van der Waals surface area contributed by atoms with Gasteiger partial charge < -0.3 is 5.11 Å². The van der Waals surface area contributed by atoms with Crippen molar-refractivity contribution >= 4 is 5.97 Å². The predicted molar refractivity (Wildman–Crippen MR) is 64.5 cm³/mol. The summed E-state index contributed by atoms with van der Waals surface area (Å²) in [5.74, 6) is -0.995. The zero-order valence-corrected chi connectivity index (χ0v) is 9.78. The number of nitrogens with zero attached hydrogens (tertiary/aromatic N) is 3. The summed E-state index contributed by atoms with van der Waals surface area (Å²) in [6.07, 6.45) is 2.67. The molecule has 1 aromatic carbocycles. The summed E-state index contributed by atoms with van der Waals surface area (Å²) in [5, 5.41) is 16.9. The standard InChI is InChI=1S/C13H13N3O2/c17-13(18)12-11-8-4-7-10(16(11)15-14-12)9-5-2-1-3-6-9/h1-3,5-6,10H,4,7-8H2,(H,17,18). The fourth-order valence-corrected chi connectivity index (χ4v) is 2.53. The van der Waals surface area contributed by atoms with Crippen LogP contribution < -0.4 is 0 Å². The zero-order valence-electron chi connectivity index (χ0n) is 9.78. The van der Waals surface area contributed by atoms with Crippen LogP contribution in [0.1, 0.15) is 40.6 Å². The summed E-state index contributed by atoms with van der Waals surface area (Å²) in [6, 6.07) is 10.1. The van der Waals surface area contributed by atoms with Crippen molar-refractivity contribution < 1.29 is 9.90 Å². The highest BCUT2D eigenvalue weighted by Crippen LogP contribution is 2.30. The topological polar surface area (TPSA) is 68.0 Å². The van der Waals surface area contributed by atoms with Crippen LogP contribution in [0.15, 0.2) is 30.3 Å². The van der Waals surface area contributed by atoms with Crippen molar-refractivity contribution in [2.75, 3.05) is 0 Å². The van der Waals surface area contributed by atoms with Gasteiger partial charge in [0, 0.05) is 0 Å². The molecule has 0 bridgehead atoms. The zero-order chi connectivity index (χ0) is 12.5. The molecule has 18 heavy (non-hydrogen) atoms. The fourth-order valence-electron chi connectivity index (χ4n) is 2.53. The molecule has 3 rings (SSSR count). The molecular weight excluding hydrogens is 230 g/mol. The highest BCUT2D eigenvalue weighted by Gasteiger charge is 2.27. The number of hydrogen-bond donors (Lipinski definition) is 1. The summed E-state index contributed by atoms with van der Waals surface area (Å²) >= 11 is 0. The molecule has 1 aliphatic heterocycles. The smallest absolute Gasteiger partial charge is 0.358 e. The monoisotopic (exact) mass is 243 g/mol. The van der Waals surface area contributed by atoms with Gasteiger partial charge in [-0.15, -0.1) is 5.10 Å². The van der Waals surface area contributed by atoms with Crippen molar-refractivity contribution in [3.63, 3.8) is 0 Å². The molecule has 5 nitrogen and oxygen atoms in total. The quantitative estimate of drug-likeness (QED) is 0.874. The first kappa shape index (κ1) is 11.0. The van der Waals surface area contributed by atoms with Gasteiger partial charge >= 0.3 is 5.97 Å². The number of hydrogen-bond acceptors (Lipinski definition) is 3. The van der Waals surface area contributed by atoms with Crippen molar-refractivity contribution in [1.29, 1.82) is 0 Å². The van der Waals surface area contributed by atoms with Gasteiger partial charge in [-0.25, -0.2) is 9.48 Å². The average Bonchev–Trinajstić information content (AvgIpc) is 2.83. The second-order valence-corrected chi connectivity index (χ2v) is 4.45. The minimum Gasteiger partial charge on any atom is -0.476 e. The second kappa shape index (κ2) is 4.25. The molecule has 0 radical (unpaired) electrons. The average molecular weight is 243 g/mol.